The molecule has 2 heterocycles. The summed E-state index contributed by atoms with van der Waals surface area (Å²) in [5, 5.41) is 0.899. The minimum atomic E-state index is -0.251. The fraction of sp³-hybridized carbons (Fsp3) is 0.250. The maximum atomic E-state index is 13.8. The molecule has 0 saturated heterocycles. The van der Waals surface area contributed by atoms with Gasteiger partial charge in [-0.25, -0.2) is 4.39 Å². The zero-order chi connectivity index (χ0) is 16.5. The second kappa shape index (κ2) is 6.21. The number of halogens is 1. The summed E-state index contributed by atoms with van der Waals surface area (Å²) in [6.45, 7) is 1.70. The van der Waals surface area contributed by atoms with Crippen LogP contribution in [0.25, 0.3) is 10.9 Å². The van der Waals surface area contributed by atoms with Crippen molar-refractivity contribution in [2.45, 2.75) is 25.5 Å². The summed E-state index contributed by atoms with van der Waals surface area (Å²) in [6, 6.07) is 15.1. The lowest BCUT2D eigenvalue weighted by Gasteiger charge is -2.23. The Labute approximate surface area is 139 Å². The molecule has 0 amide bonds. The summed E-state index contributed by atoms with van der Waals surface area (Å²) in [5.41, 5.74) is 4.29. The van der Waals surface area contributed by atoms with Crippen LogP contribution in [-0.4, -0.2) is 17.5 Å². The van der Waals surface area contributed by atoms with Gasteiger partial charge in [0.2, 0.25) is 0 Å². The quantitative estimate of drug-likeness (QED) is 0.679. The zero-order valence-electron chi connectivity index (χ0n) is 13.2. The molecule has 122 valence electrons. The van der Waals surface area contributed by atoms with E-state index in [1.807, 2.05) is 24.3 Å². The van der Waals surface area contributed by atoms with Crippen molar-refractivity contribution in [3.05, 3.63) is 71.2 Å². The van der Waals surface area contributed by atoms with E-state index in [1.54, 1.807) is 6.07 Å². The van der Waals surface area contributed by atoms with Gasteiger partial charge in [0.15, 0.2) is 0 Å². The fourth-order valence-corrected chi connectivity index (χ4v) is 3.65. The molecular formula is C20H18FNO2. The van der Waals surface area contributed by atoms with Gasteiger partial charge in [-0.3, -0.25) is 0 Å². The van der Waals surface area contributed by atoms with Crippen LogP contribution in [0, 0.1) is 5.82 Å². The topological polar surface area (TPSA) is 31.2 Å². The third-order valence-corrected chi connectivity index (χ3v) is 4.71. The Morgan fingerprint density at radius 1 is 1.21 bits per heavy atom. The number of nitrogens with zero attached hydrogens (tertiary/aromatic N) is 1. The van der Waals surface area contributed by atoms with Crippen molar-refractivity contribution < 1.29 is 13.9 Å². The van der Waals surface area contributed by atoms with Gasteiger partial charge in [0.05, 0.1) is 13.2 Å². The second-order valence-corrected chi connectivity index (χ2v) is 6.21. The molecule has 3 nitrogen and oxygen atoms in total. The summed E-state index contributed by atoms with van der Waals surface area (Å²) in [5.74, 6) is -0.258. The molecule has 4 heteroatoms. The van der Waals surface area contributed by atoms with Gasteiger partial charge < -0.3 is 14.1 Å². The van der Waals surface area contributed by atoms with Crippen LogP contribution in [0.2, 0.25) is 0 Å². The van der Waals surface area contributed by atoms with E-state index < -0.39 is 0 Å². The lowest BCUT2D eigenvalue weighted by Crippen LogP contribution is -2.19. The molecule has 0 spiro atoms. The first kappa shape index (κ1) is 15.1. The Morgan fingerprint density at radius 3 is 2.83 bits per heavy atom. The Morgan fingerprint density at radius 2 is 2.04 bits per heavy atom. The van der Waals surface area contributed by atoms with Gasteiger partial charge in [0.1, 0.15) is 12.1 Å². The number of aldehydes is 1. The Bertz CT molecular complexity index is 886. The predicted molar refractivity (Wildman–Crippen MR) is 90.5 cm³/mol. The Balaban J connectivity index is 1.91. The monoisotopic (exact) mass is 323 g/mol. The minimum absolute atomic E-state index is 0.00688. The molecule has 1 aliphatic rings. The van der Waals surface area contributed by atoms with Gasteiger partial charge >= 0.3 is 0 Å². The van der Waals surface area contributed by atoms with Crippen molar-refractivity contribution in [2.75, 3.05) is 6.61 Å². The zero-order valence-corrected chi connectivity index (χ0v) is 13.2. The van der Waals surface area contributed by atoms with Crippen LogP contribution in [0.3, 0.4) is 0 Å². The van der Waals surface area contributed by atoms with Crippen molar-refractivity contribution in [1.29, 1.82) is 0 Å². The highest BCUT2D eigenvalue weighted by Crippen LogP contribution is 2.38. The smallest absolute Gasteiger partial charge is 0.123 e. The number of carbonyl (C=O) groups excluding carboxylic acids is 1. The van der Waals surface area contributed by atoms with E-state index in [2.05, 4.69) is 16.7 Å². The van der Waals surface area contributed by atoms with E-state index >= 15 is 0 Å². The minimum Gasteiger partial charge on any atom is -0.375 e. The highest BCUT2D eigenvalue weighted by Gasteiger charge is 2.28. The van der Waals surface area contributed by atoms with Gasteiger partial charge in [-0.1, -0.05) is 30.3 Å². The molecule has 0 unspecified atom stereocenters. The second-order valence-electron chi connectivity index (χ2n) is 6.21. The van der Waals surface area contributed by atoms with E-state index in [4.69, 9.17) is 4.74 Å². The first-order chi connectivity index (χ1) is 11.8. The molecule has 0 bridgehead atoms. The van der Waals surface area contributed by atoms with E-state index in [0.29, 0.717) is 26.2 Å². The Hall–Kier alpha value is -2.46. The molecule has 0 N–H and O–H groups in total. The molecule has 3 aromatic rings. The van der Waals surface area contributed by atoms with Gasteiger partial charge in [0, 0.05) is 35.5 Å². The van der Waals surface area contributed by atoms with E-state index in [9.17, 15) is 9.18 Å². The molecule has 1 aliphatic heterocycles. The third-order valence-electron chi connectivity index (χ3n) is 4.71. The van der Waals surface area contributed by atoms with Gasteiger partial charge in [-0.2, -0.15) is 0 Å². The van der Waals surface area contributed by atoms with Gasteiger partial charge in [0.25, 0.3) is 0 Å². The molecule has 0 saturated carbocycles. The summed E-state index contributed by atoms with van der Waals surface area (Å²) >= 11 is 0. The number of hydrogen-bond acceptors (Lipinski definition) is 2. The van der Waals surface area contributed by atoms with Crippen LogP contribution in [-0.2, 0) is 22.7 Å². The number of rotatable bonds is 4. The van der Waals surface area contributed by atoms with E-state index in [-0.39, 0.29) is 11.7 Å². The first-order valence-electron chi connectivity index (χ1n) is 8.13. The number of ether oxygens (including phenoxy) is 1. The maximum Gasteiger partial charge on any atom is 0.123 e. The number of aromatic nitrogens is 1. The largest absolute Gasteiger partial charge is 0.375 e. The van der Waals surface area contributed by atoms with Crippen LogP contribution >= 0.6 is 0 Å². The molecule has 0 aliphatic carbocycles. The van der Waals surface area contributed by atoms with Gasteiger partial charge in [-0.15, -0.1) is 0 Å². The van der Waals surface area contributed by atoms with Crippen molar-refractivity contribution in [3.8, 4) is 0 Å². The average Bonchev–Trinajstić information content (AvgIpc) is 2.90. The van der Waals surface area contributed by atoms with E-state index in [0.717, 1.165) is 28.4 Å². The van der Waals surface area contributed by atoms with Crippen molar-refractivity contribution in [1.82, 2.24) is 4.57 Å². The van der Waals surface area contributed by atoms with Crippen molar-refractivity contribution >= 4 is 17.2 Å². The first-order valence-corrected chi connectivity index (χ1v) is 8.13. The fourth-order valence-electron chi connectivity index (χ4n) is 3.65. The lowest BCUT2D eigenvalue weighted by atomic mass is 9.92. The van der Waals surface area contributed by atoms with Crippen LogP contribution in [0.5, 0.6) is 0 Å². The standard InChI is InChI=1S/C20H18FNO2/c21-16-6-7-18-17(10-16)20-15(8-9-23)12-24-13-19(20)22(18)11-14-4-2-1-3-5-14/h1-7,9-10,15H,8,11-13H2/t15-/m0/s1. The maximum absolute atomic E-state index is 13.8. The summed E-state index contributed by atoms with van der Waals surface area (Å²) < 4.78 is 21.8. The SMILES string of the molecule is O=CC[C@H]1COCc2c1c1cc(F)ccc1n2Cc1ccccc1. The average molecular weight is 323 g/mol. The van der Waals surface area contributed by atoms with Crippen LogP contribution in [0.4, 0.5) is 4.39 Å². The molecular weight excluding hydrogens is 305 g/mol. The third kappa shape index (κ3) is 2.53. The molecule has 0 radical (unpaired) electrons. The van der Waals surface area contributed by atoms with Crippen molar-refractivity contribution in [2.24, 2.45) is 0 Å². The molecule has 24 heavy (non-hydrogen) atoms. The molecule has 1 aromatic heterocycles. The Kier molecular flexibility index (Phi) is 3.90. The lowest BCUT2D eigenvalue weighted by molar-refractivity contribution is -0.108. The van der Waals surface area contributed by atoms with Crippen LogP contribution in [0.1, 0.15) is 29.2 Å². The summed E-state index contributed by atoms with van der Waals surface area (Å²) in [7, 11) is 0. The number of benzene rings is 2. The number of fused-ring (bicyclic) bond motifs is 3. The van der Waals surface area contributed by atoms with Crippen molar-refractivity contribution in [3.63, 3.8) is 0 Å². The summed E-state index contributed by atoms with van der Waals surface area (Å²) in [4.78, 5) is 11.0. The predicted octanol–water partition coefficient (Wildman–Crippen LogP) is 4.03. The molecule has 2 aromatic carbocycles. The molecule has 0 fully saturated rings. The normalized spacial score (nSPS) is 17.0. The molecule has 1 atom stereocenters. The van der Waals surface area contributed by atoms with Crippen LogP contribution < -0.4 is 0 Å². The van der Waals surface area contributed by atoms with Gasteiger partial charge in [-0.05, 0) is 29.3 Å². The van der Waals surface area contributed by atoms with E-state index in [1.165, 1.54) is 11.6 Å². The summed E-state index contributed by atoms with van der Waals surface area (Å²) in [6.07, 6.45) is 1.32. The highest BCUT2D eigenvalue weighted by atomic mass is 19.1. The number of carbonyl (C=O) groups is 1. The highest BCUT2D eigenvalue weighted by molar-refractivity contribution is 5.87. The molecule has 4 rings (SSSR count). The van der Waals surface area contributed by atoms with Crippen LogP contribution in [0.15, 0.2) is 48.5 Å². The number of hydrogen-bond donors (Lipinski definition) is 0.